The van der Waals surface area contributed by atoms with Crippen molar-refractivity contribution in [3.63, 3.8) is 0 Å². The van der Waals surface area contributed by atoms with E-state index in [9.17, 15) is 13.2 Å². The number of rotatable bonds is 8. The Hall–Kier alpha value is -0.470. The number of hydrogen-bond acceptors (Lipinski definition) is 0. The molecule has 0 bridgehead atoms. The number of halogens is 3. The normalized spacial score (nSPS) is 11.6. The van der Waals surface area contributed by atoms with E-state index in [0.717, 1.165) is 32.1 Å². The predicted molar refractivity (Wildman–Crippen MR) is 53.2 cm³/mol. The smallest absolute Gasteiger partial charge is 0.171 e. The molecule has 0 aliphatic heterocycles. The highest BCUT2D eigenvalue weighted by Gasteiger charge is 2.25. The zero-order valence-electron chi connectivity index (χ0n) is 8.58. The van der Waals surface area contributed by atoms with Crippen molar-refractivity contribution in [2.24, 2.45) is 0 Å². The Morgan fingerprint density at radius 3 is 1.86 bits per heavy atom. The molecule has 0 spiro atoms. The molecule has 0 saturated heterocycles. The first kappa shape index (κ1) is 13.5. The third kappa shape index (κ3) is 11.5. The molecule has 0 nitrogen and oxygen atoms in total. The minimum Gasteiger partial charge on any atom is -0.171 e. The van der Waals surface area contributed by atoms with Crippen LogP contribution in [0.3, 0.4) is 0 Å². The maximum Gasteiger partial charge on any atom is 0.389 e. The van der Waals surface area contributed by atoms with Crippen LogP contribution in [0, 0.1) is 0 Å². The summed E-state index contributed by atoms with van der Waals surface area (Å²) in [6.45, 7) is 3.61. The van der Waals surface area contributed by atoms with Gasteiger partial charge in [-0.25, -0.2) is 0 Å². The van der Waals surface area contributed by atoms with Crippen LogP contribution < -0.4 is 0 Å². The highest BCUT2D eigenvalue weighted by Crippen LogP contribution is 2.23. The van der Waals surface area contributed by atoms with Crippen LogP contribution in [-0.2, 0) is 0 Å². The van der Waals surface area contributed by atoms with Gasteiger partial charge in [-0.2, -0.15) is 13.2 Å². The Kier molecular flexibility index (Phi) is 7.63. The molecule has 0 aromatic heterocycles. The van der Waals surface area contributed by atoms with Gasteiger partial charge >= 0.3 is 6.18 Å². The first-order chi connectivity index (χ1) is 6.56. The first-order valence-corrected chi connectivity index (χ1v) is 5.24. The summed E-state index contributed by atoms with van der Waals surface area (Å²) < 4.78 is 35.2. The van der Waals surface area contributed by atoms with Crippen LogP contribution in [0.25, 0.3) is 0 Å². The molecule has 0 aliphatic rings. The van der Waals surface area contributed by atoms with E-state index in [-0.39, 0.29) is 6.42 Å². The molecular formula is C11H19F3. The fourth-order valence-corrected chi connectivity index (χ4v) is 1.32. The predicted octanol–water partition coefficient (Wildman–Crippen LogP) is 4.86. The van der Waals surface area contributed by atoms with Crippen molar-refractivity contribution in [1.29, 1.82) is 0 Å². The van der Waals surface area contributed by atoms with E-state index in [4.69, 9.17) is 0 Å². The number of unbranched alkanes of at least 4 members (excludes halogenated alkanes) is 6. The third-order valence-corrected chi connectivity index (χ3v) is 2.12. The molecule has 84 valence electrons. The molecule has 0 amide bonds. The monoisotopic (exact) mass is 208 g/mol. The molecule has 0 atom stereocenters. The SMILES string of the molecule is C=CCCCCCCCCC(F)(F)F. The summed E-state index contributed by atoms with van der Waals surface area (Å²) in [4.78, 5) is 0. The molecule has 0 aromatic rings. The van der Waals surface area contributed by atoms with E-state index in [1.54, 1.807) is 0 Å². The molecule has 0 unspecified atom stereocenters. The molecule has 0 heterocycles. The average molecular weight is 208 g/mol. The van der Waals surface area contributed by atoms with Gasteiger partial charge in [0.15, 0.2) is 0 Å². The Morgan fingerprint density at radius 2 is 1.36 bits per heavy atom. The van der Waals surface area contributed by atoms with Gasteiger partial charge in [-0.1, -0.05) is 31.8 Å². The second-order valence-corrected chi connectivity index (χ2v) is 3.56. The van der Waals surface area contributed by atoms with Gasteiger partial charge in [0.25, 0.3) is 0 Å². The van der Waals surface area contributed by atoms with Crippen LogP contribution in [0.1, 0.15) is 51.4 Å². The zero-order chi connectivity index (χ0) is 10.9. The minimum absolute atomic E-state index is 0.283. The Balaban J connectivity index is 3.03. The summed E-state index contributed by atoms with van der Waals surface area (Å²) in [5.74, 6) is 0. The lowest BCUT2D eigenvalue weighted by atomic mass is 10.1. The van der Waals surface area contributed by atoms with Crippen molar-refractivity contribution in [3.8, 4) is 0 Å². The van der Waals surface area contributed by atoms with Crippen molar-refractivity contribution >= 4 is 0 Å². The first-order valence-electron chi connectivity index (χ1n) is 5.24. The maximum atomic E-state index is 11.7. The van der Waals surface area contributed by atoms with E-state index in [2.05, 4.69) is 6.58 Å². The summed E-state index contributed by atoms with van der Waals surface area (Å²) in [5, 5.41) is 0. The minimum atomic E-state index is -3.97. The largest absolute Gasteiger partial charge is 0.389 e. The van der Waals surface area contributed by atoms with Gasteiger partial charge in [0.1, 0.15) is 0 Å². The summed E-state index contributed by atoms with van der Waals surface area (Å²) in [6.07, 6.45) is 3.48. The molecular weight excluding hydrogens is 189 g/mol. The fourth-order valence-electron chi connectivity index (χ4n) is 1.32. The fraction of sp³-hybridized carbons (Fsp3) is 0.818. The lowest BCUT2D eigenvalue weighted by molar-refractivity contribution is -0.135. The van der Waals surface area contributed by atoms with Crippen LogP contribution in [0.5, 0.6) is 0 Å². The Labute approximate surface area is 84.2 Å². The van der Waals surface area contributed by atoms with E-state index in [1.807, 2.05) is 6.08 Å². The topological polar surface area (TPSA) is 0 Å². The van der Waals surface area contributed by atoms with Gasteiger partial charge in [-0.05, 0) is 19.3 Å². The van der Waals surface area contributed by atoms with Crippen molar-refractivity contribution in [2.45, 2.75) is 57.5 Å². The average Bonchev–Trinajstić information content (AvgIpc) is 2.08. The van der Waals surface area contributed by atoms with E-state index in [1.165, 1.54) is 0 Å². The van der Waals surface area contributed by atoms with Crippen molar-refractivity contribution < 1.29 is 13.2 Å². The van der Waals surface area contributed by atoms with Crippen LogP contribution in [0.15, 0.2) is 12.7 Å². The van der Waals surface area contributed by atoms with Gasteiger partial charge in [-0.15, -0.1) is 6.58 Å². The molecule has 0 aliphatic carbocycles. The Bertz CT molecular complexity index is 138. The van der Waals surface area contributed by atoms with Gasteiger partial charge in [0.05, 0.1) is 0 Å². The summed E-state index contributed by atoms with van der Waals surface area (Å²) in [5.41, 5.74) is 0. The number of hydrogen-bond donors (Lipinski definition) is 0. The van der Waals surface area contributed by atoms with Gasteiger partial charge in [-0.3, -0.25) is 0 Å². The molecule has 0 fully saturated rings. The molecule has 14 heavy (non-hydrogen) atoms. The van der Waals surface area contributed by atoms with E-state index >= 15 is 0 Å². The van der Waals surface area contributed by atoms with E-state index < -0.39 is 12.6 Å². The van der Waals surface area contributed by atoms with Crippen molar-refractivity contribution in [2.75, 3.05) is 0 Å². The van der Waals surface area contributed by atoms with Gasteiger partial charge in [0, 0.05) is 6.42 Å². The maximum absolute atomic E-state index is 11.7. The summed E-state index contributed by atoms with van der Waals surface area (Å²) >= 11 is 0. The lowest BCUT2D eigenvalue weighted by Crippen LogP contribution is -2.06. The molecule has 0 aromatic carbocycles. The zero-order valence-corrected chi connectivity index (χ0v) is 8.58. The van der Waals surface area contributed by atoms with E-state index in [0.29, 0.717) is 6.42 Å². The third-order valence-electron chi connectivity index (χ3n) is 2.12. The molecule has 3 heteroatoms. The lowest BCUT2D eigenvalue weighted by Gasteiger charge is -2.05. The standard InChI is InChI=1S/C11H19F3/c1-2-3-4-5-6-7-8-9-10-11(12,13)14/h2H,1,3-10H2. The van der Waals surface area contributed by atoms with Crippen LogP contribution in [0.2, 0.25) is 0 Å². The molecule has 0 radical (unpaired) electrons. The quantitative estimate of drug-likeness (QED) is 0.395. The second kappa shape index (κ2) is 7.89. The summed E-state index contributed by atoms with van der Waals surface area (Å²) in [6, 6.07) is 0. The second-order valence-electron chi connectivity index (χ2n) is 3.56. The van der Waals surface area contributed by atoms with Crippen LogP contribution in [-0.4, -0.2) is 6.18 Å². The van der Waals surface area contributed by atoms with Crippen molar-refractivity contribution in [1.82, 2.24) is 0 Å². The van der Waals surface area contributed by atoms with Gasteiger partial charge in [0.2, 0.25) is 0 Å². The molecule has 0 N–H and O–H groups in total. The summed E-state index contributed by atoms with van der Waals surface area (Å²) in [7, 11) is 0. The number of alkyl halides is 3. The van der Waals surface area contributed by atoms with Crippen LogP contribution >= 0.6 is 0 Å². The number of allylic oxidation sites excluding steroid dienone is 1. The van der Waals surface area contributed by atoms with Crippen molar-refractivity contribution in [3.05, 3.63) is 12.7 Å². The highest BCUT2D eigenvalue weighted by atomic mass is 19.4. The van der Waals surface area contributed by atoms with Gasteiger partial charge < -0.3 is 0 Å². The Morgan fingerprint density at radius 1 is 0.857 bits per heavy atom. The molecule has 0 rings (SSSR count). The van der Waals surface area contributed by atoms with Crippen LogP contribution in [0.4, 0.5) is 13.2 Å². The molecule has 0 saturated carbocycles. The highest BCUT2D eigenvalue weighted by molar-refractivity contribution is 4.65.